The molecule has 4 nitrogen and oxygen atoms in total. The molecule has 0 bridgehead atoms. The highest BCUT2D eigenvalue weighted by Crippen LogP contribution is 2.29. The van der Waals surface area contributed by atoms with E-state index in [1.165, 1.54) is 0 Å². The molecule has 0 spiro atoms. The summed E-state index contributed by atoms with van der Waals surface area (Å²) in [6.07, 6.45) is 1.15. The number of nitrogens with one attached hydrogen (secondary N) is 1. The first-order chi connectivity index (χ1) is 5.27. The van der Waals surface area contributed by atoms with E-state index < -0.39 is 5.66 Å². The summed E-state index contributed by atoms with van der Waals surface area (Å²) in [4.78, 5) is 0. The first-order valence-electron chi connectivity index (χ1n) is 3.95. The van der Waals surface area contributed by atoms with E-state index in [1.54, 1.807) is 7.11 Å². The zero-order valence-electron chi connectivity index (χ0n) is 6.67. The van der Waals surface area contributed by atoms with Gasteiger partial charge in [0.2, 0.25) is 0 Å². The van der Waals surface area contributed by atoms with E-state index in [1.807, 2.05) is 0 Å². The van der Waals surface area contributed by atoms with Crippen molar-refractivity contribution in [1.82, 2.24) is 5.32 Å². The van der Waals surface area contributed by atoms with Crippen LogP contribution in [-0.4, -0.2) is 38.1 Å². The molecule has 2 saturated heterocycles. The normalized spacial score (nSPS) is 49.6. The zero-order chi connectivity index (χ0) is 7.90. The van der Waals surface area contributed by atoms with Crippen LogP contribution in [0.1, 0.15) is 6.42 Å². The van der Waals surface area contributed by atoms with Gasteiger partial charge >= 0.3 is 0 Å². The van der Waals surface area contributed by atoms with Crippen LogP contribution in [-0.2, 0) is 9.47 Å². The van der Waals surface area contributed by atoms with Gasteiger partial charge in [-0.15, -0.1) is 0 Å². The molecule has 0 aromatic heterocycles. The number of methoxy groups -OCH3 is 1. The monoisotopic (exact) mass is 158 g/mol. The Hall–Kier alpha value is -0.160. The van der Waals surface area contributed by atoms with Gasteiger partial charge in [-0.3, -0.25) is 5.32 Å². The summed E-state index contributed by atoms with van der Waals surface area (Å²) in [7, 11) is 1.67. The van der Waals surface area contributed by atoms with Gasteiger partial charge in [-0.05, 0) is 13.0 Å². The number of rotatable bonds is 1. The molecule has 1 unspecified atom stereocenters. The molecule has 3 N–H and O–H groups in total. The minimum absolute atomic E-state index is 0.00926. The largest absolute Gasteiger partial charge is 0.376 e. The van der Waals surface area contributed by atoms with Crippen LogP contribution in [0.3, 0.4) is 0 Å². The molecule has 0 radical (unpaired) electrons. The van der Waals surface area contributed by atoms with Gasteiger partial charge in [0.15, 0.2) is 0 Å². The van der Waals surface area contributed by atoms with Crippen molar-refractivity contribution in [3.8, 4) is 0 Å². The number of hydrogen-bond acceptors (Lipinski definition) is 4. The van der Waals surface area contributed by atoms with E-state index in [0.717, 1.165) is 13.0 Å². The molecule has 0 aromatic rings. The van der Waals surface area contributed by atoms with Crippen molar-refractivity contribution < 1.29 is 9.47 Å². The SMILES string of the molecule is COC1CO[C@@H]2CCN[C@]12N. The third-order valence-corrected chi connectivity index (χ3v) is 2.64. The van der Waals surface area contributed by atoms with Gasteiger partial charge in [0.1, 0.15) is 11.8 Å². The Kier molecular flexibility index (Phi) is 1.64. The summed E-state index contributed by atoms with van der Waals surface area (Å²) in [5, 5.41) is 3.22. The van der Waals surface area contributed by atoms with Crippen molar-refractivity contribution in [2.75, 3.05) is 20.3 Å². The molecular formula is C7H14N2O2. The molecule has 4 heteroatoms. The Labute approximate surface area is 66.0 Å². The fourth-order valence-corrected chi connectivity index (χ4v) is 1.92. The van der Waals surface area contributed by atoms with Crippen molar-refractivity contribution in [2.45, 2.75) is 24.3 Å². The van der Waals surface area contributed by atoms with Gasteiger partial charge in [-0.1, -0.05) is 0 Å². The fraction of sp³-hybridized carbons (Fsp3) is 1.00. The van der Waals surface area contributed by atoms with Crippen molar-refractivity contribution in [3.63, 3.8) is 0 Å². The van der Waals surface area contributed by atoms with E-state index in [9.17, 15) is 0 Å². The van der Waals surface area contributed by atoms with E-state index >= 15 is 0 Å². The summed E-state index contributed by atoms with van der Waals surface area (Å²) >= 11 is 0. The highest BCUT2D eigenvalue weighted by molar-refractivity contribution is 5.06. The van der Waals surface area contributed by atoms with Gasteiger partial charge in [0.05, 0.1) is 12.7 Å². The maximum Gasteiger partial charge on any atom is 0.122 e. The molecule has 2 fully saturated rings. The molecule has 0 aromatic carbocycles. The Morgan fingerprint density at radius 3 is 3.27 bits per heavy atom. The fourth-order valence-electron chi connectivity index (χ4n) is 1.92. The average molecular weight is 158 g/mol. The molecule has 11 heavy (non-hydrogen) atoms. The highest BCUT2D eigenvalue weighted by Gasteiger charge is 2.51. The lowest BCUT2D eigenvalue weighted by Crippen LogP contribution is -2.61. The summed E-state index contributed by atoms with van der Waals surface area (Å²) in [6.45, 7) is 1.55. The van der Waals surface area contributed by atoms with Gasteiger partial charge in [-0.2, -0.15) is 0 Å². The summed E-state index contributed by atoms with van der Waals surface area (Å²) in [5.74, 6) is 0. The maximum atomic E-state index is 6.06. The van der Waals surface area contributed by atoms with Crippen LogP contribution < -0.4 is 11.1 Å². The van der Waals surface area contributed by atoms with E-state index in [-0.39, 0.29) is 12.2 Å². The smallest absolute Gasteiger partial charge is 0.122 e. The number of fused-ring (bicyclic) bond motifs is 1. The molecule has 2 rings (SSSR count). The summed E-state index contributed by atoms with van der Waals surface area (Å²) in [5.41, 5.74) is 5.64. The molecule has 0 saturated carbocycles. The van der Waals surface area contributed by atoms with Crippen LogP contribution in [0.4, 0.5) is 0 Å². The van der Waals surface area contributed by atoms with Gasteiger partial charge in [0, 0.05) is 7.11 Å². The van der Waals surface area contributed by atoms with Crippen LogP contribution in [0.2, 0.25) is 0 Å². The molecular weight excluding hydrogens is 144 g/mol. The Bertz CT molecular complexity index is 165. The van der Waals surface area contributed by atoms with Crippen molar-refractivity contribution in [1.29, 1.82) is 0 Å². The minimum atomic E-state index is -0.422. The van der Waals surface area contributed by atoms with E-state index in [2.05, 4.69) is 5.32 Å². The van der Waals surface area contributed by atoms with Crippen LogP contribution in [0, 0.1) is 0 Å². The second-order valence-electron chi connectivity index (χ2n) is 3.19. The van der Waals surface area contributed by atoms with Crippen molar-refractivity contribution in [2.24, 2.45) is 5.73 Å². The second-order valence-corrected chi connectivity index (χ2v) is 3.19. The average Bonchev–Trinajstić information content (AvgIpc) is 2.44. The molecule has 2 aliphatic rings. The van der Waals surface area contributed by atoms with E-state index in [4.69, 9.17) is 15.2 Å². The first kappa shape index (κ1) is 7.49. The van der Waals surface area contributed by atoms with Gasteiger partial charge < -0.3 is 15.2 Å². The lowest BCUT2D eigenvalue weighted by molar-refractivity contribution is 0.0487. The highest BCUT2D eigenvalue weighted by atomic mass is 16.6. The van der Waals surface area contributed by atoms with E-state index in [0.29, 0.717) is 6.61 Å². The molecule has 2 aliphatic heterocycles. The number of hydrogen-bond donors (Lipinski definition) is 2. The second kappa shape index (κ2) is 2.42. The van der Waals surface area contributed by atoms with Crippen LogP contribution in [0.15, 0.2) is 0 Å². The van der Waals surface area contributed by atoms with Crippen molar-refractivity contribution >= 4 is 0 Å². The van der Waals surface area contributed by atoms with Crippen LogP contribution >= 0.6 is 0 Å². The molecule has 0 aliphatic carbocycles. The minimum Gasteiger partial charge on any atom is -0.376 e. The lowest BCUT2D eigenvalue weighted by Gasteiger charge is -2.27. The van der Waals surface area contributed by atoms with Crippen molar-refractivity contribution in [3.05, 3.63) is 0 Å². The van der Waals surface area contributed by atoms with Gasteiger partial charge in [0.25, 0.3) is 0 Å². The summed E-state index contributed by atoms with van der Waals surface area (Å²) in [6, 6.07) is 0. The topological polar surface area (TPSA) is 56.5 Å². The Morgan fingerprint density at radius 1 is 1.73 bits per heavy atom. The quantitative estimate of drug-likeness (QED) is 0.516. The third-order valence-electron chi connectivity index (χ3n) is 2.64. The molecule has 2 heterocycles. The molecule has 3 atom stereocenters. The predicted molar refractivity (Wildman–Crippen MR) is 40.1 cm³/mol. The van der Waals surface area contributed by atoms with Gasteiger partial charge in [-0.25, -0.2) is 0 Å². The van der Waals surface area contributed by atoms with Crippen LogP contribution in [0.25, 0.3) is 0 Å². The molecule has 64 valence electrons. The zero-order valence-corrected chi connectivity index (χ0v) is 6.67. The predicted octanol–water partition coefficient (Wildman–Crippen LogP) is -0.951. The molecule has 0 amide bonds. The number of ether oxygens (including phenoxy) is 2. The Morgan fingerprint density at radius 2 is 2.55 bits per heavy atom. The third kappa shape index (κ3) is 0.906. The Balaban J connectivity index is 2.16. The number of nitrogens with two attached hydrogens (primary N) is 1. The van der Waals surface area contributed by atoms with Crippen LogP contribution in [0.5, 0.6) is 0 Å². The first-order valence-corrected chi connectivity index (χ1v) is 3.95. The standard InChI is InChI=1S/C7H14N2O2/c1-10-6-4-11-5-2-3-9-7(5,6)8/h5-6,9H,2-4,8H2,1H3/t5-,6?,7+/m1/s1. The maximum absolute atomic E-state index is 6.06. The lowest BCUT2D eigenvalue weighted by atomic mass is 10.0. The summed E-state index contributed by atoms with van der Waals surface area (Å²) < 4.78 is 10.7.